The topological polar surface area (TPSA) is 78.8 Å². The summed E-state index contributed by atoms with van der Waals surface area (Å²) in [4.78, 5) is 12.9. The average molecular weight is 414 g/mol. The maximum absolute atomic E-state index is 12.9. The van der Waals surface area contributed by atoms with Gasteiger partial charge in [-0.15, -0.1) is 0 Å². The Hall–Kier alpha value is -2.37. The fourth-order valence-electron chi connectivity index (χ4n) is 3.40. The molecule has 5 nitrogen and oxygen atoms in total. The van der Waals surface area contributed by atoms with Gasteiger partial charge in [0, 0.05) is 0 Å². The number of aliphatic hydroxyl groups is 2. The molecule has 0 heterocycles. The molecule has 0 unspecified atom stereocenters. The molecule has 0 saturated carbocycles. The van der Waals surface area contributed by atoms with E-state index < -0.39 is 23.2 Å². The van der Waals surface area contributed by atoms with Gasteiger partial charge in [0.05, 0.1) is 18.2 Å². The number of carbonyl (C=O) groups excluding carboxylic acids is 1. The van der Waals surface area contributed by atoms with Crippen LogP contribution in [0.2, 0.25) is 0 Å². The Labute approximate surface area is 180 Å². The molecule has 3 N–H and O–H groups in total. The summed E-state index contributed by atoms with van der Waals surface area (Å²) in [5.74, 6) is 0.659. The Morgan fingerprint density at radius 1 is 1.03 bits per heavy atom. The Morgan fingerprint density at radius 2 is 1.63 bits per heavy atom. The molecule has 0 spiro atoms. The molecule has 2 rings (SSSR count). The van der Waals surface area contributed by atoms with E-state index in [0.29, 0.717) is 18.1 Å². The van der Waals surface area contributed by atoms with Gasteiger partial charge in [-0.25, -0.2) is 0 Å². The van der Waals surface area contributed by atoms with Gasteiger partial charge in [-0.05, 0) is 56.4 Å². The Kier molecular flexibility index (Phi) is 8.04. The van der Waals surface area contributed by atoms with E-state index in [2.05, 4.69) is 19.2 Å². The number of nitrogens with one attached hydrogen (secondary N) is 1. The maximum Gasteiger partial charge on any atom is 0.256 e. The first-order chi connectivity index (χ1) is 14.1. The van der Waals surface area contributed by atoms with E-state index in [9.17, 15) is 15.0 Å². The van der Waals surface area contributed by atoms with Gasteiger partial charge in [0.2, 0.25) is 0 Å². The van der Waals surface area contributed by atoms with Crippen LogP contribution in [0.15, 0.2) is 54.6 Å². The van der Waals surface area contributed by atoms with Crippen LogP contribution in [-0.2, 0) is 10.4 Å². The SMILES string of the molecule is CCC[C@@H](C)COc1ccc([C@@H](NC(=O)[C@](C)(O)c2ccccc2)C(C)(C)O)cc1. The van der Waals surface area contributed by atoms with E-state index in [0.717, 1.165) is 24.2 Å². The molecule has 0 aromatic heterocycles. The van der Waals surface area contributed by atoms with Crippen molar-refractivity contribution in [2.45, 2.75) is 64.7 Å². The lowest BCUT2D eigenvalue weighted by Crippen LogP contribution is -2.49. The summed E-state index contributed by atoms with van der Waals surface area (Å²) >= 11 is 0. The Balaban J connectivity index is 2.15. The van der Waals surface area contributed by atoms with Crippen LogP contribution < -0.4 is 10.1 Å². The number of amides is 1. The van der Waals surface area contributed by atoms with Crippen LogP contribution in [0, 0.1) is 5.92 Å². The van der Waals surface area contributed by atoms with Gasteiger partial charge in [0.15, 0.2) is 5.60 Å². The van der Waals surface area contributed by atoms with Crippen LogP contribution in [0.1, 0.15) is 64.6 Å². The van der Waals surface area contributed by atoms with Gasteiger partial charge < -0.3 is 20.3 Å². The van der Waals surface area contributed by atoms with E-state index in [4.69, 9.17) is 4.74 Å². The van der Waals surface area contributed by atoms with Gasteiger partial charge in [0.25, 0.3) is 5.91 Å². The number of ether oxygens (including phenoxy) is 1. The lowest BCUT2D eigenvalue weighted by atomic mass is 9.89. The average Bonchev–Trinajstić information content (AvgIpc) is 2.71. The molecule has 0 fully saturated rings. The summed E-state index contributed by atoms with van der Waals surface area (Å²) in [7, 11) is 0. The van der Waals surface area contributed by atoms with Crippen molar-refractivity contribution in [1.29, 1.82) is 0 Å². The normalized spacial score (nSPS) is 15.7. The van der Waals surface area contributed by atoms with E-state index in [-0.39, 0.29) is 0 Å². The van der Waals surface area contributed by atoms with Crippen molar-refractivity contribution in [3.8, 4) is 5.75 Å². The molecule has 0 aliphatic rings. The van der Waals surface area contributed by atoms with Gasteiger partial charge in [-0.1, -0.05) is 62.7 Å². The van der Waals surface area contributed by atoms with Crippen molar-refractivity contribution in [3.63, 3.8) is 0 Å². The molecule has 0 aliphatic carbocycles. The summed E-state index contributed by atoms with van der Waals surface area (Å²) in [6, 6.07) is 15.4. The summed E-state index contributed by atoms with van der Waals surface area (Å²) in [6.45, 7) is 9.69. The molecule has 0 bridgehead atoms. The van der Waals surface area contributed by atoms with Gasteiger partial charge in [-0.3, -0.25) is 4.79 Å². The third kappa shape index (κ3) is 6.31. The van der Waals surface area contributed by atoms with Crippen molar-refractivity contribution in [2.24, 2.45) is 5.92 Å². The Bertz CT molecular complexity index is 794. The van der Waals surface area contributed by atoms with E-state index in [1.165, 1.54) is 6.92 Å². The largest absolute Gasteiger partial charge is 0.493 e. The first-order valence-corrected chi connectivity index (χ1v) is 10.6. The van der Waals surface area contributed by atoms with Crippen LogP contribution >= 0.6 is 0 Å². The first kappa shape index (κ1) is 23.9. The van der Waals surface area contributed by atoms with E-state index >= 15 is 0 Å². The highest BCUT2D eigenvalue weighted by Gasteiger charge is 2.37. The Morgan fingerprint density at radius 3 is 2.17 bits per heavy atom. The van der Waals surface area contributed by atoms with Gasteiger partial charge in [0.1, 0.15) is 5.75 Å². The van der Waals surface area contributed by atoms with Crippen molar-refractivity contribution in [2.75, 3.05) is 6.61 Å². The standard InChI is InChI=1S/C25H35NO4/c1-6-10-18(2)17-30-21-15-13-19(14-16-21)22(24(3,4)28)26-23(27)25(5,29)20-11-8-7-9-12-20/h7-9,11-16,18,22,28-29H,6,10,17H2,1-5H3,(H,26,27)/t18-,22-,25-/m1/s1. The van der Waals surface area contributed by atoms with E-state index in [1.807, 2.05) is 30.3 Å². The first-order valence-electron chi connectivity index (χ1n) is 10.6. The maximum atomic E-state index is 12.9. The fraction of sp³-hybridized carbons (Fsp3) is 0.480. The number of hydrogen-bond acceptors (Lipinski definition) is 4. The highest BCUT2D eigenvalue weighted by atomic mass is 16.5. The number of benzene rings is 2. The minimum absolute atomic E-state index is 0.485. The minimum atomic E-state index is -1.72. The zero-order valence-corrected chi connectivity index (χ0v) is 18.7. The predicted molar refractivity (Wildman–Crippen MR) is 119 cm³/mol. The second-order valence-corrected chi connectivity index (χ2v) is 8.77. The van der Waals surface area contributed by atoms with Crippen LogP contribution in [-0.4, -0.2) is 28.3 Å². The second-order valence-electron chi connectivity index (χ2n) is 8.77. The molecule has 0 radical (unpaired) electrons. The zero-order valence-electron chi connectivity index (χ0n) is 18.7. The molecule has 0 aliphatic heterocycles. The van der Waals surface area contributed by atoms with Crippen LogP contribution in [0.3, 0.4) is 0 Å². The summed E-state index contributed by atoms with van der Waals surface area (Å²) < 4.78 is 5.84. The fourth-order valence-corrected chi connectivity index (χ4v) is 3.40. The highest BCUT2D eigenvalue weighted by Crippen LogP contribution is 2.29. The molecule has 30 heavy (non-hydrogen) atoms. The molecule has 3 atom stereocenters. The third-order valence-corrected chi connectivity index (χ3v) is 5.29. The summed E-state index contributed by atoms with van der Waals surface area (Å²) in [5, 5.41) is 24.3. The minimum Gasteiger partial charge on any atom is -0.493 e. The molecular formula is C25H35NO4. The molecule has 1 amide bonds. The van der Waals surface area contributed by atoms with Crippen LogP contribution in [0.4, 0.5) is 0 Å². The second kappa shape index (κ2) is 10.1. The predicted octanol–water partition coefficient (Wildman–Crippen LogP) is 4.34. The molecule has 5 heteroatoms. The summed E-state index contributed by atoms with van der Waals surface area (Å²) in [6.07, 6.45) is 2.25. The van der Waals surface area contributed by atoms with Crippen molar-refractivity contribution in [1.82, 2.24) is 5.32 Å². The van der Waals surface area contributed by atoms with Crippen molar-refractivity contribution < 1.29 is 19.7 Å². The lowest BCUT2D eigenvalue weighted by molar-refractivity contribution is -0.141. The molecule has 2 aromatic rings. The van der Waals surface area contributed by atoms with Crippen LogP contribution in [0.25, 0.3) is 0 Å². The van der Waals surface area contributed by atoms with Crippen molar-refractivity contribution >= 4 is 5.91 Å². The van der Waals surface area contributed by atoms with Crippen molar-refractivity contribution in [3.05, 3.63) is 65.7 Å². The number of hydrogen-bond donors (Lipinski definition) is 3. The molecular weight excluding hydrogens is 378 g/mol. The quantitative estimate of drug-likeness (QED) is 0.541. The molecule has 164 valence electrons. The van der Waals surface area contributed by atoms with Gasteiger partial charge in [-0.2, -0.15) is 0 Å². The zero-order chi connectivity index (χ0) is 22.4. The van der Waals surface area contributed by atoms with Gasteiger partial charge >= 0.3 is 0 Å². The third-order valence-electron chi connectivity index (χ3n) is 5.29. The smallest absolute Gasteiger partial charge is 0.256 e. The highest BCUT2D eigenvalue weighted by molar-refractivity contribution is 5.86. The number of carbonyl (C=O) groups is 1. The van der Waals surface area contributed by atoms with Crippen LogP contribution in [0.5, 0.6) is 5.75 Å². The monoisotopic (exact) mass is 413 g/mol. The molecule has 2 aromatic carbocycles. The lowest BCUT2D eigenvalue weighted by Gasteiger charge is -2.33. The number of rotatable bonds is 10. The molecule has 0 saturated heterocycles. The summed E-state index contributed by atoms with van der Waals surface area (Å²) in [5.41, 5.74) is -1.74. The van der Waals surface area contributed by atoms with E-state index in [1.54, 1.807) is 38.1 Å².